The summed E-state index contributed by atoms with van der Waals surface area (Å²) >= 11 is 6.19. The summed E-state index contributed by atoms with van der Waals surface area (Å²) in [4.78, 5) is 25.7. The highest BCUT2D eigenvalue weighted by Crippen LogP contribution is 2.21. The van der Waals surface area contributed by atoms with Crippen molar-refractivity contribution in [3.8, 4) is 5.75 Å². The Bertz CT molecular complexity index is 1310. The first kappa shape index (κ1) is 24.0. The number of carbonyl (C=O) groups excluding carboxylic acids is 2. The lowest BCUT2D eigenvalue weighted by Crippen LogP contribution is -2.27. The number of nitrogens with one attached hydrogen (secondary N) is 2. The topological polar surface area (TPSA) is 67.4 Å². The van der Waals surface area contributed by atoms with Gasteiger partial charge in [-0.3, -0.25) is 9.59 Å². The van der Waals surface area contributed by atoms with E-state index in [1.165, 1.54) is 0 Å². The molecule has 0 bridgehead atoms. The van der Waals surface area contributed by atoms with E-state index in [0.717, 1.165) is 17.5 Å². The Morgan fingerprint density at radius 3 is 2.34 bits per heavy atom. The van der Waals surface area contributed by atoms with Gasteiger partial charge < -0.3 is 15.4 Å². The molecular formula is C29H25ClN2O3. The quantitative estimate of drug-likeness (QED) is 0.299. The lowest BCUT2D eigenvalue weighted by atomic mass is 10.1. The molecule has 2 N–H and O–H groups in total. The van der Waals surface area contributed by atoms with Gasteiger partial charge in [-0.2, -0.15) is 0 Å². The molecule has 0 fully saturated rings. The summed E-state index contributed by atoms with van der Waals surface area (Å²) in [7, 11) is 0. The van der Waals surface area contributed by atoms with Crippen molar-refractivity contribution in [2.45, 2.75) is 13.0 Å². The Morgan fingerprint density at radius 1 is 0.771 bits per heavy atom. The van der Waals surface area contributed by atoms with Crippen molar-refractivity contribution in [1.29, 1.82) is 0 Å². The van der Waals surface area contributed by atoms with Gasteiger partial charge in [0, 0.05) is 22.7 Å². The van der Waals surface area contributed by atoms with Crippen molar-refractivity contribution in [3.63, 3.8) is 0 Å². The first-order valence-corrected chi connectivity index (χ1v) is 11.7. The summed E-state index contributed by atoms with van der Waals surface area (Å²) in [6, 6.07) is 31.2. The molecule has 0 saturated carbocycles. The molecule has 0 aliphatic heterocycles. The van der Waals surface area contributed by atoms with Crippen LogP contribution >= 0.6 is 11.6 Å². The molecule has 0 saturated heterocycles. The highest BCUT2D eigenvalue weighted by Gasteiger charge is 2.14. The van der Waals surface area contributed by atoms with E-state index < -0.39 is 0 Å². The molecule has 2 amide bonds. The molecule has 6 heteroatoms. The number of ether oxygens (including phenoxy) is 1. The van der Waals surface area contributed by atoms with E-state index in [9.17, 15) is 9.59 Å². The van der Waals surface area contributed by atoms with E-state index in [-0.39, 0.29) is 18.4 Å². The zero-order chi connectivity index (χ0) is 24.5. The van der Waals surface area contributed by atoms with Crippen LogP contribution in [-0.4, -0.2) is 18.4 Å². The van der Waals surface area contributed by atoms with Gasteiger partial charge in [0.1, 0.15) is 12.4 Å². The molecule has 0 radical (unpaired) electrons. The van der Waals surface area contributed by atoms with Gasteiger partial charge in [-0.05, 0) is 48.4 Å². The van der Waals surface area contributed by atoms with Gasteiger partial charge in [-0.15, -0.1) is 0 Å². The van der Waals surface area contributed by atoms with E-state index in [2.05, 4.69) is 10.6 Å². The molecule has 35 heavy (non-hydrogen) atoms. The number of carbonyl (C=O) groups is 2. The second-order valence-corrected chi connectivity index (χ2v) is 8.31. The SMILES string of the molecule is O=C(Nc1ccccc1C(=O)NCCc1ccccc1)c1cccc(OCc2ccccc2Cl)c1. The third kappa shape index (κ3) is 6.71. The fourth-order valence-corrected chi connectivity index (χ4v) is 3.74. The smallest absolute Gasteiger partial charge is 0.255 e. The number of halogens is 1. The maximum Gasteiger partial charge on any atom is 0.255 e. The minimum atomic E-state index is -0.335. The molecule has 4 rings (SSSR count). The number of amides is 2. The van der Waals surface area contributed by atoms with E-state index in [1.54, 1.807) is 54.6 Å². The van der Waals surface area contributed by atoms with Gasteiger partial charge in [0.15, 0.2) is 0 Å². The monoisotopic (exact) mass is 484 g/mol. The molecule has 0 aliphatic rings. The van der Waals surface area contributed by atoms with Crippen LogP contribution < -0.4 is 15.4 Å². The Kier molecular flexibility index (Phi) is 8.15. The standard InChI is InChI=1S/C29H25ClN2O3/c30-26-15-6-4-11-23(26)20-35-24-13-8-12-22(19-24)28(33)32-27-16-7-5-14-25(27)29(34)31-18-17-21-9-2-1-3-10-21/h1-16,19H,17-18,20H2,(H,31,34)(H,32,33). The van der Waals surface area contributed by atoms with E-state index >= 15 is 0 Å². The molecule has 176 valence electrons. The Hall–Kier alpha value is -4.09. The fourth-order valence-electron chi connectivity index (χ4n) is 3.55. The predicted octanol–water partition coefficient (Wildman–Crippen LogP) is 6.14. The van der Waals surface area contributed by atoms with Crippen LogP contribution in [0.4, 0.5) is 5.69 Å². The van der Waals surface area contributed by atoms with Crippen molar-refractivity contribution in [1.82, 2.24) is 5.32 Å². The predicted molar refractivity (Wildman–Crippen MR) is 139 cm³/mol. The second kappa shape index (κ2) is 11.9. The van der Waals surface area contributed by atoms with E-state index in [0.29, 0.717) is 34.1 Å². The van der Waals surface area contributed by atoms with Gasteiger partial charge in [0.05, 0.1) is 11.3 Å². The van der Waals surface area contributed by atoms with Crippen LogP contribution in [0.1, 0.15) is 31.8 Å². The van der Waals surface area contributed by atoms with Crippen molar-refractivity contribution < 1.29 is 14.3 Å². The lowest BCUT2D eigenvalue weighted by molar-refractivity contribution is 0.0955. The number of hydrogen-bond donors (Lipinski definition) is 2. The Morgan fingerprint density at radius 2 is 1.51 bits per heavy atom. The van der Waals surface area contributed by atoms with Crippen LogP contribution in [-0.2, 0) is 13.0 Å². The first-order chi connectivity index (χ1) is 17.1. The van der Waals surface area contributed by atoms with Crippen molar-refractivity contribution in [2.24, 2.45) is 0 Å². The van der Waals surface area contributed by atoms with Crippen molar-refractivity contribution in [2.75, 3.05) is 11.9 Å². The largest absolute Gasteiger partial charge is 0.489 e. The minimum absolute atomic E-state index is 0.242. The van der Waals surface area contributed by atoms with Gasteiger partial charge >= 0.3 is 0 Å². The number of para-hydroxylation sites is 1. The molecule has 0 aromatic heterocycles. The summed E-state index contributed by atoms with van der Waals surface area (Å²) in [6.45, 7) is 0.784. The summed E-state index contributed by atoms with van der Waals surface area (Å²) in [5.41, 5.74) is 3.26. The molecule has 4 aromatic carbocycles. The van der Waals surface area contributed by atoms with Crippen molar-refractivity contribution >= 4 is 29.1 Å². The third-order valence-corrected chi connectivity index (χ3v) is 5.78. The average molecular weight is 485 g/mol. The minimum Gasteiger partial charge on any atom is -0.489 e. The summed E-state index contributed by atoms with van der Waals surface area (Å²) in [5.74, 6) is -0.0316. The molecule has 0 heterocycles. The summed E-state index contributed by atoms with van der Waals surface area (Å²) < 4.78 is 5.83. The second-order valence-electron chi connectivity index (χ2n) is 7.90. The number of rotatable bonds is 9. The van der Waals surface area contributed by atoms with Gasteiger partial charge in [-0.1, -0.05) is 78.3 Å². The highest BCUT2D eigenvalue weighted by atomic mass is 35.5. The Balaban J connectivity index is 1.38. The van der Waals surface area contributed by atoms with Gasteiger partial charge in [0.2, 0.25) is 0 Å². The first-order valence-electron chi connectivity index (χ1n) is 11.3. The zero-order valence-corrected chi connectivity index (χ0v) is 19.8. The molecule has 0 unspecified atom stereocenters. The normalized spacial score (nSPS) is 10.4. The van der Waals surface area contributed by atoms with Crippen LogP contribution in [0.5, 0.6) is 5.75 Å². The Labute approximate surface area is 209 Å². The fraction of sp³-hybridized carbons (Fsp3) is 0.103. The maximum absolute atomic E-state index is 12.9. The van der Waals surface area contributed by atoms with E-state index in [4.69, 9.17) is 16.3 Å². The molecule has 5 nitrogen and oxygen atoms in total. The summed E-state index contributed by atoms with van der Waals surface area (Å²) in [6.07, 6.45) is 0.724. The van der Waals surface area contributed by atoms with Crippen LogP contribution in [0.15, 0.2) is 103 Å². The lowest BCUT2D eigenvalue weighted by Gasteiger charge is -2.12. The van der Waals surface area contributed by atoms with Gasteiger partial charge in [-0.25, -0.2) is 0 Å². The van der Waals surface area contributed by atoms with Crippen LogP contribution in [0.25, 0.3) is 0 Å². The maximum atomic E-state index is 12.9. The molecule has 0 aliphatic carbocycles. The van der Waals surface area contributed by atoms with Gasteiger partial charge in [0.25, 0.3) is 11.8 Å². The number of benzene rings is 4. The zero-order valence-electron chi connectivity index (χ0n) is 19.0. The highest BCUT2D eigenvalue weighted by molar-refractivity contribution is 6.31. The molecule has 0 spiro atoms. The number of hydrogen-bond acceptors (Lipinski definition) is 3. The molecule has 4 aromatic rings. The van der Waals surface area contributed by atoms with Crippen molar-refractivity contribution in [3.05, 3.63) is 130 Å². The average Bonchev–Trinajstić information content (AvgIpc) is 2.89. The summed E-state index contributed by atoms with van der Waals surface area (Å²) in [5, 5.41) is 6.40. The molecule has 0 atom stereocenters. The van der Waals surface area contributed by atoms with Crippen LogP contribution in [0.3, 0.4) is 0 Å². The molecular weight excluding hydrogens is 460 g/mol. The van der Waals surface area contributed by atoms with Crippen LogP contribution in [0.2, 0.25) is 5.02 Å². The third-order valence-electron chi connectivity index (χ3n) is 5.41. The number of anilines is 1. The van der Waals surface area contributed by atoms with E-state index in [1.807, 2.05) is 48.5 Å². The van der Waals surface area contributed by atoms with Crippen LogP contribution in [0, 0.1) is 0 Å².